The maximum Gasteiger partial charge on any atom is 0.432 e. The summed E-state index contributed by atoms with van der Waals surface area (Å²) >= 11 is 0. The van der Waals surface area contributed by atoms with Crippen LogP contribution in [0.1, 0.15) is 20.8 Å². The molecule has 30 heavy (non-hydrogen) atoms. The van der Waals surface area contributed by atoms with Crippen LogP contribution in [-0.2, 0) is 9.53 Å². The highest BCUT2D eigenvalue weighted by Crippen LogP contribution is 2.27. The van der Waals surface area contributed by atoms with Crippen LogP contribution in [0.25, 0.3) is 21.6 Å². The van der Waals surface area contributed by atoms with Crippen LogP contribution in [0.2, 0.25) is 0 Å². The largest absolute Gasteiger partial charge is 0.463 e. The summed E-state index contributed by atoms with van der Waals surface area (Å²) in [6.45, 7) is 4.79. The Kier molecular flexibility index (Phi) is 6.99. The first-order valence-corrected chi connectivity index (χ1v) is 8.80. The lowest BCUT2D eigenvalue weighted by Crippen LogP contribution is -2.40. The fraction of sp³-hybridized carbons (Fsp3) is 0.333. The average molecular weight is 415 g/mol. The maximum atomic E-state index is 12.6. The van der Waals surface area contributed by atoms with Crippen molar-refractivity contribution < 1.29 is 24.2 Å². The van der Waals surface area contributed by atoms with Gasteiger partial charge in [0, 0.05) is 34.5 Å². The standard InChI is InChI=1S/C18H21N7O5/c1-18(2,3)30-16(27)20-9-14(23-24-19)15(26)22-13-7-5-4-6-12(13)11-8-21-25(10-11)17(28)29/h4-8,10,14H,9H2,1-3H3,(H,20,27)(H,22,26)(H,28,29). The SMILES string of the molecule is CC(C)(C)OC(=O)NCC(N=[N+]=[N-])C(=O)Nc1ccccc1-c1cnn(C(=O)O)c1. The monoisotopic (exact) mass is 415 g/mol. The van der Waals surface area contributed by atoms with Gasteiger partial charge in [-0.25, -0.2) is 9.59 Å². The van der Waals surface area contributed by atoms with Crippen molar-refractivity contribution >= 4 is 23.8 Å². The molecular weight excluding hydrogens is 394 g/mol. The zero-order valence-electron chi connectivity index (χ0n) is 16.6. The number of nitrogens with one attached hydrogen (secondary N) is 2. The van der Waals surface area contributed by atoms with E-state index < -0.39 is 29.7 Å². The van der Waals surface area contributed by atoms with E-state index in [-0.39, 0.29) is 6.54 Å². The topological polar surface area (TPSA) is 171 Å². The van der Waals surface area contributed by atoms with Gasteiger partial charge in [-0.1, -0.05) is 23.3 Å². The van der Waals surface area contributed by atoms with Crippen molar-refractivity contribution in [1.29, 1.82) is 0 Å². The molecule has 2 rings (SSSR count). The number of hydrogen-bond donors (Lipinski definition) is 3. The summed E-state index contributed by atoms with van der Waals surface area (Å²) in [5.74, 6) is -0.665. The number of anilines is 1. The van der Waals surface area contributed by atoms with Crippen molar-refractivity contribution in [2.75, 3.05) is 11.9 Å². The van der Waals surface area contributed by atoms with Crippen molar-refractivity contribution in [3.05, 3.63) is 47.1 Å². The second-order valence-electron chi connectivity index (χ2n) is 7.09. The van der Waals surface area contributed by atoms with E-state index in [2.05, 4.69) is 25.8 Å². The first-order valence-electron chi connectivity index (χ1n) is 8.80. The fourth-order valence-corrected chi connectivity index (χ4v) is 2.37. The molecule has 2 amide bonds. The van der Waals surface area contributed by atoms with Gasteiger partial charge in [0.1, 0.15) is 11.6 Å². The Morgan fingerprint density at radius 2 is 2.03 bits per heavy atom. The highest BCUT2D eigenvalue weighted by molar-refractivity contribution is 5.99. The number of para-hydroxylation sites is 1. The van der Waals surface area contributed by atoms with Gasteiger partial charge < -0.3 is 20.5 Å². The molecule has 3 N–H and O–H groups in total. The lowest BCUT2D eigenvalue weighted by Gasteiger charge is -2.20. The molecule has 0 aliphatic carbocycles. The van der Waals surface area contributed by atoms with E-state index in [1.807, 2.05) is 0 Å². The van der Waals surface area contributed by atoms with Gasteiger partial charge in [-0.05, 0) is 32.4 Å². The highest BCUT2D eigenvalue weighted by atomic mass is 16.6. The molecule has 0 aliphatic heterocycles. The smallest absolute Gasteiger partial charge is 0.432 e. The first-order chi connectivity index (χ1) is 14.1. The zero-order valence-corrected chi connectivity index (χ0v) is 16.6. The summed E-state index contributed by atoms with van der Waals surface area (Å²) in [6.07, 6.45) is 0.630. The number of carboxylic acid groups (broad SMARTS) is 1. The average Bonchev–Trinajstić information content (AvgIpc) is 3.14. The molecule has 1 aromatic carbocycles. The number of carbonyl (C=O) groups is 3. The molecule has 0 spiro atoms. The molecular formula is C18H21N7O5. The number of aromatic nitrogens is 2. The Bertz CT molecular complexity index is 989. The van der Waals surface area contributed by atoms with E-state index in [0.29, 0.717) is 16.8 Å². The molecule has 12 heteroatoms. The minimum atomic E-state index is -1.25. The van der Waals surface area contributed by atoms with Crippen LogP contribution >= 0.6 is 0 Å². The second-order valence-corrected chi connectivity index (χ2v) is 7.09. The molecule has 12 nitrogen and oxygen atoms in total. The second kappa shape index (κ2) is 9.43. The van der Waals surface area contributed by atoms with E-state index in [4.69, 9.17) is 15.4 Å². The van der Waals surface area contributed by atoms with E-state index in [9.17, 15) is 14.4 Å². The molecule has 0 saturated carbocycles. The summed E-state index contributed by atoms with van der Waals surface area (Å²) in [7, 11) is 0. The number of rotatable bonds is 6. The van der Waals surface area contributed by atoms with Crippen molar-refractivity contribution in [2.45, 2.75) is 32.4 Å². The van der Waals surface area contributed by atoms with E-state index in [1.54, 1.807) is 45.0 Å². The van der Waals surface area contributed by atoms with Gasteiger partial charge >= 0.3 is 12.2 Å². The first kappa shape index (κ1) is 22.2. The number of benzene rings is 1. The Morgan fingerprint density at radius 3 is 2.63 bits per heavy atom. The van der Waals surface area contributed by atoms with Gasteiger partial charge in [0.15, 0.2) is 0 Å². The Labute approximate surface area is 171 Å². The molecule has 2 aromatic rings. The number of azide groups is 1. The highest BCUT2D eigenvalue weighted by Gasteiger charge is 2.22. The quantitative estimate of drug-likeness (QED) is 0.371. The number of amides is 2. The summed E-state index contributed by atoms with van der Waals surface area (Å²) in [5.41, 5.74) is 9.36. The number of carbonyl (C=O) groups excluding carboxylic acids is 2. The summed E-state index contributed by atoms with van der Waals surface area (Å²) in [5, 5.41) is 21.2. The van der Waals surface area contributed by atoms with E-state index in [1.165, 1.54) is 12.4 Å². The third-order valence-electron chi connectivity index (χ3n) is 3.61. The number of nitrogens with zero attached hydrogens (tertiary/aromatic N) is 5. The molecule has 1 atom stereocenters. The predicted octanol–water partition coefficient (Wildman–Crippen LogP) is 3.22. The summed E-state index contributed by atoms with van der Waals surface area (Å²) in [6, 6.07) is 5.40. The van der Waals surface area contributed by atoms with Crippen LogP contribution in [0, 0.1) is 0 Å². The molecule has 1 aromatic heterocycles. The van der Waals surface area contributed by atoms with Gasteiger partial charge in [0.05, 0.1) is 6.20 Å². The molecule has 158 valence electrons. The molecule has 0 aliphatic rings. The number of ether oxygens (including phenoxy) is 1. The lowest BCUT2D eigenvalue weighted by molar-refractivity contribution is -0.117. The van der Waals surface area contributed by atoms with Gasteiger partial charge in [-0.2, -0.15) is 9.78 Å². The van der Waals surface area contributed by atoms with Gasteiger partial charge in [0.2, 0.25) is 5.91 Å². The van der Waals surface area contributed by atoms with Crippen LogP contribution in [0.15, 0.2) is 41.8 Å². The minimum absolute atomic E-state index is 0.274. The van der Waals surface area contributed by atoms with Gasteiger partial charge in [-0.3, -0.25) is 4.79 Å². The fourth-order valence-electron chi connectivity index (χ4n) is 2.37. The third-order valence-corrected chi connectivity index (χ3v) is 3.61. The molecule has 1 heterocycles. The van der Waals surface area contributed by atoms with E-state index in [0.717, 1.165) is 4.68 Å². The number of hydrogen-bond acceptors (Lipinski definition) is 6. The van der Waals surface area contributed by atoms with Gasteiger partial charge in [-0.15, -0.1) is 0 Å². The van der Waals surface area contributed by atoms with Crippen molar-refractivity contribution in [1.82, 2.24) is 15.1 Å². The predicted molar refractivity (Wildman–Crippen MR) is 107 cm³/mol. The van der Waals surface area contributed by atoms with Crippen molar-refractivity contribution in [3.8, 4) is 11.1 Å². The van der Waals surface area contributed by atoms with Crippen LogP contribution in [0.5, 0.6) is 0 Å². The Hall–Kier alpha value is -4.05. The molecule has 1 unspecified atom stereocenters. The lowest BCUT2D eigenvalue weighted by atomic mass is 10.1. The Balaban J connectivity index is 2.15. The van der Waals surface area contributed by atoms with Crippen LogP contribution in [0.3, 0.4) is 0 Å². The normalized spacial score (nSPS) is 11.7. The van der Waals surface area contributed by atoms with Crippen LogP contribution in [-0.4, -0.2) is 51.2 Å². The number of alkyl carbamates (subject to hydrolysis) is 1. The Morgan fingerprint density at radius 1 is 1.33 bits per heavy atom. The van der Waals surface area contributed by atoms with Crippen LogP contribution in [0.4, 0.5) is 15.3 Å². The van der Waals surface area contributed by atoms with Gasteiger partial charge in [0.25, 0.3) is 0 Å². The molecule has 0 fully saturated rings. The van der Waals surface area contributed by atoms with E-state index >= 15 is 0 Å². The molecule has 0 bridgehead atoms. The van der Waals surface area contributed by atoms with Crippen molar-refractivity contribution in [2.24, 2.45) is 5.11 Å². The minimum Gasteiger partial charge on any atom is -0.463 e. The zero-order chi connectivity index (χ0) is 22.3. The maximum absolute atomic E-state index is 12.6. The summed E-state index contributed by atoms with van der Waals surface area (Å²) in [4.78, 5) is 38.1. The van der Waals surface area contributed by atoms with Crippen molar-refractivity contribution in [3.63, 3.8) is 0 Å². The summed E-state index contributed by atoms with van der Waals surface area (Å²) < 4.78 is 5.83. The molecule has 0 saturated heterocycles. The third kappa shape index (κ3) is 6.24. The van der Waals surface area contributed by atoms with Crippen LogP contribution < -0.4 is 10.6 Å². The molecule has 0 radical (unpaired) electrons.